The fourth-order valence-corrected chi connectivity index (χ4v) is 1.84. The lowest BCUT2D eigenvalue weighted by Crippen LogP contribution is -2.10. The molecule has 0 spiro atoms. The van der Waals surface area contributed by atoms with E-state index < -0.39 is 27.9 Å². The van der Waals surface area contributed by atoms with Gasteiger partial charge in [0, 0.05) is 6.07 Å². The van der Waals surface area contributed by atoms with Crippen LogP contribution in [-0.4, -0.2) is 19.9 Å². The molecule has 0 amide bonds. The molecule has 1 aromatic heterocycles. The molecule has 1 heterocycles. The number of anilines is 1. The van der Waals surface area contributed by atoms with Crippen molar-refractivity contribution >= 4 is 11.5 Å². The van der Waals surface area contributed by atoms with E-state index in [0.717, 1.165) is 10.7 Å². The molecule has 0 radical (unpaired) electrons. The number of hydrogen-bond donors (Lipinski definition) is 1. The number of nitrogens with zero attached hydrogens (tertiary/aromatic N) is 4. The van der Waals surface area contributed by atoms with Crippen molar-refractivity contribution in [1.29, 1.82) is 0 Å². The summed E-state index contributed by atoms with van der Waals surface area (Å²) in [6, 6.07) is 1.57. The predicted octanol–water partition coefficient (Wildman–Crippen LogP) is 1.99. The van der Waals surface area contributed by atoms with E-state index in [9.17, 15) is 18.9 Å². The van der Waals surface area contributed by atoms with Crippen LogP contribution in [0.3, 0.4) is 0 Å². The van der Waals surface area contributed by atoms with Gasteiger partial charge in [-0.2, -0.15) is 0 Å². The van der Waals surface area contributed by atoms with Gasteiger partial charge in [-0.05, 0) is 12.5 Å². The molecular formula is C11H11F2N5O2. The lowest BCUT2D eigenvalue weighted by Gasteiger charge is -2.08. The van der Waals surface area contributed by atoms with Crippen molar-refractivity contribution in [3.63, 3.8) is 0 Å². The molecule has 2 N–H and O–H groups in total. The number of nitrogens with two attached hydrogens (primary N) is 1. The molecule has 106 valence electrons. The number of hydrogen-bond acceptors (Lipinski definition) is 5. The molecule has 0 atom stereocenters. The number of nitrogen functional groups attached to an aromatic ring is 1. The normalized spacial score (nSPS) is 10.8. The third kappa shape index (κ3) is 2.17. The van der Waals surface area contributed by atoms with Gasteiger partial charge >= 0.3 is 0 Å². The first kappa shape index (κ1) is 13.8. The van der Waals surface area contributed by atoms with Gasteiger partial charge in [-0.3, -0.25) is 10.1 Å². The van der Waals surface area contributed by atoms with Gasteiger partial charge in [0.15, 0.2) is 23.1 Å². The number of nitro groups is 1. The Morgan fingerprint density at radius 2 is 2.15 bits per heavy atom. The fraction of sp³-hybridized carbons (Fsp3) is 0.273. The van der Waals surface area contributed by atoms with Crippen molar-refractivity contribution < 1.29 is 13.7 Å². The summed E-state index contributed by atoms with van der Waals surface area (Å²) in [5.74, 6) is -2.53. The SMILES string of the molecule is CCCc1c(N)nnn1-c1c([N+](=O)[O-])ccc(F)c1F. The first-order valence-corrected chi connectivity index (χ1v) is 5.80. The zero-order valence-electron chi connectivity index (χ0n) is 10.5. The molecule has 1 aromatic carbocycles. The lowest BCUT2D eigenvalue weighted by molar-refractivity contribution is -0.384. The molecule has 0 aliphatic carbocycles. The molecule has 0 unspecified atom stereocenters. The average Bonchev–Trinajstić information content (AvgIpc) is 2.74. The fourth-order valence-electron chi connectivity index (χ4n) is 1.84. The van der Waals surface area contributed by atoms with Crippen molar-refractivity contribution in [2.75, 3.05) is 5.73 Å². The van der Waals surface area contributed by atoms with Crippen LogP contribution in [0.5, 0.6) is 0 Å². The first-order chi connectivity index (χ1) is 9.47. The molecule has 0 aliphatic rings. The van der Waals surface area contributed by atoms with E-state index in [-0.39, 0.29) is 5.82 Å². The third-order valence-electron chi connectivity index (χ3n) is 2.74. The molecule has 9 heteroatoms. The number of halogens is 2. The topological polar surface area (TPSA) is 99.9 Å². The standard InChI is InChI=1S/C11H11F2N5O2/c1-2-3-8-11(14)15-16-17(8)10-7(18(19)20)5-4-6(12)9(10)13/h4-5H,2-3,14H2,1H3. The summed E-state index contributed by atoms with van der Waals surface area (Å²) in [6.45, 7) is 1.84. The maximum Gasteiger partial charge on any atom is 0.298 e. The Bertz CT molecular complexity index is 671. The molecule has 0 bridgehead atoms. The zero-order valence-corrected chi connectivity index (χ0v) is 10.5. The van der Waals surface area contributed by atoms with Crippen LogP contribution in [-0.2, 0) is 6.42 Å². The van der Waals surface area contributed by atoms with Gasteiger partial charge in [-0.25, -0.2) is 13.5 Å². The van der Waals surface area contributed by atoms with Crippen LogP contribution >= 0.6 is 0 Å². The smallest absolute Gasteiger partial charge is 0.298 e. The summed E-state index contributed by atoms with van der Waals surface area (Å²) in [4.78, 5) is 10.1. The van der Waals surface area contributed by atoms with Gasteiger partial charge in [0.25, 0.3) is 5.69 Å². The Kier molecular flexibility index (Phi) is 3.59. The minimum Gasteiger partial charge on any atom is -0.381 e. The van der Waals surface area contributed by atoms with E-state index in [1.165, 1.54) is 0 Å². The minimum absolute atomic E-state index is 0.0322. The maximum atomic E-state index is 13.9. The second kappa shape index (κ2) is 5.19. The molecule has 2 aromatic rings. The van der Waals surface area contributed by atoms with Gasteiger partial charge in [0.05, 0.1) is 10.6 Å². The second-order valence-corrected chi connectivity index (χ2v) is 4.07. The van der Waals surface area contributed by atoms with Crippen LogP contribution in [0.2, 0.25) is 0 Å². The highest BCUT2D eigenvalue weighted by molar-refractivity contribution is 5.55. The van der Waals surface area contributed by atoms with Crippen LogP contribution in [0.4, 0.5) is 20.3 Å². The third-order valence-corrected chi connectivity index (χ3v) is 2.74. The molecule has 0 saturated heterocycles. The predicted molar refractivity (Wildman–Crippen MR) is 66.3 cm³/mol. The number of rotatable bonds is 4. The monoisotopic (exact) mass is 283 g/mol. The quantitative estimate of drug-likeness (QED) is 0.683. The van der Waals surface area contributed by atoms with Crippen LogP contribution in [0.25, 0.3) is 5.69 Å². The van der Waals surface area contributed by atoms with Crippen LogP contribution in [0.1, 0.15) is 19.0 Å². The Labute approximate surface area is 112 Å². The van der Waals surface area contributed by atoms with Crippen molar-refractivity contribution in [2.45, 2.75) is 19.8 Å². The van der Waals surface area contributed by atoms with Gasteiger partial charge < -0.3 is 5.73 Å². The molecule has 0 saturated carbocycles. The van der Waals surface area contributed by atoms with E-state index in [4.69, 9.17) is 5.73 Å². The van der Waals surface area contributed by atoms with Crippen molar-refractivity contribution in [2.24, 2.45) is 0 Å². The Hall–Kier alpha value is -2.58. The van der Waals surface area contributed by atoms with Gasteiger partial charge in [0.2, 0.25) is 0 Å². The van der Waals surface area contributed by atoms with Crippen molar-refractivity contribution in [1.82, 2.24) is 15.0 Å². The van der Waals surface area contributed by atoms with E-state index in [1.807, 2.05) is 6.92 Å². The highest BCUT2D eigenvalue weighted by Crippen LogP contribution is 2.29. The summed E-state index contributed by atoms with van der Waals surface area (Å²) < 4.78 is 28.2. The van der Waals surface area contributed by atoms with Crippen molar-refractivity contribution in [3.05, 3.63) is 39.6 Å². The molecule has 20 heavy (non-hydrogen) atoms. The average molecular weight is 283 g/mol. The van der Waals surface area contributed by atoms with Gasteiger partial charge in [0.1, 0.15) is 0 Å². The van der Waals surface area contributed by atoms with Gasteiger partial charge in [-0.1, -0.05) is 18.6 Å². The van der Waals surface area contributed by atoms with E-state index in [2.05, 4.69) is 10.3 Å². The van der Waals surface area contributed by atoms with E-state index in [0.29, 0.717) is 24.6 Å². The highest BCUT2D eigenvalue weighted by atomic mass is 19.2. The molecule has 0 aliphatic heterocycles. The number of nitro benzene ring substituents is 1. The van der Waals surface area contributed by atoms with E-state index >= 15 is 0 Å². The summed E-state index contributed by atoms with van der Waals surface area (Å²) in [5, 5.41) is 18.1. The summed E-state index contributed by atoms with van der Waals surface area (Å²) in [5.41, 5.74) is 4.70. The lowest BCUT2D eigenvalue weighted by atomic mass is 10.2. The first-order valence-electron chi connectivity index (χ1n) is 5.80. The highest BCUT2D eigenvalue weighted by Gasteiger charge is 2.26. The largest absolute Gasteiger partial charge is 0.381 e. The molecule has 7 nitrogen and oxygen atoms in total. The second-order valence-electron chi connectivity index (χ2n) is 4.07. The van der Waals surface area contributed by atoms with E-state index in [1.54, 1.807) is 0 Å². The Morgan fingerprint density at radius 3 is 2.75 bits per heavy atom. The number of benzene rings is 1. The Balaban J connectivity index is 2.74. The number of aromatic nitrogens is 3. The van der Waals surface area contributed by atoms with Crippen molar-refractivity contribution in [3.8, 4) is 5.69 Å². The van der Waals surface area contributed by atoms with Crippen LogP contribution in [0, 0.1) is 21.7 Å². The van der Waals surface area contributed by atoms with Gasteiger partial charge in [-0.15, -0.1) is 5.10 Å². The zero-order chi connectivity index (χ0) is 14.9. The summed E-state index contributed by atoms with van der Waals surface area (Å²) in [7, 11) is 0. The molecule has 2 rings (SSSR count). The maximum absolute atomic E-state index is 13.9. The Morgan fingerprint density at radius 1 is 1.45 bits per heavy atom. The minimum atomic E-state index is -1.36. The van der Waals surface area contributed by atoms with Crippen LogP contribution in [0.15, 0.2) is 12.1 Å². The molecular weight excluding hydrogens is 272 g/mol. The summed E-state index contributed by atoms with van der Waals surface area (Å²) >= 11 is 0. The van der Waals surface area contributed by atoms with Crippen LogP contribution < -0.4 is 5.73 Å². The molecule has 0 fully saturated rings. The summed E-state index contributed by atoms with van der Waals surface area (Å²) in [6.07, 6.45) is 1.02.